The van der Waals surface area contributed by atoms with Gasteiger partial charge in [-0.1, -0.05) is 85.0 Å². The third kappa shape index (κ3) is 2.78. The number of ether oxygens (including phenoxy) is 1. The zero-order valence-electron chi connectivity index (χ0n) is 22.8. The van der Waals surface area contributed by atoms with Gasteiger partial charge in [-0.3, -0.25) is 5.01 Å². The van der Waals surface area contributed by atoms with Crippen LogP contribution in [0.1, 0.15) is 11.1 Å². The predicted octanol–water partition coefficient (Wildman–Crippen LogP) is 6.60. The summed E-state index contributed by atoms with van der Waals surface area (Å²) in [6, 6.07) is 18.0. The molecule has 42 heavy (non-hydrogen) atoms. The van der Waals surface area contributed by atoms with Crippen molar-refractivity contribution in [1.82, 2.24) is 9.58 Å². The fourth-order valence-corrected chi connectivity index (χ4v) is 8.55. The highest BCUT2D eigenvalue weighted by Gasteiger charge is 2.53. The summed E-state index contributed by atoms with van der Waals surface area (Å²) in [7, 11) is 0. The highest BCUT2D eigenvalue weighted by atomic mass is 127. The second-order valence-corrected chi connectivity index (χ2v) is 12.8. The van der Waals surface area contributed by atoms with Gasteiger partial charge in [0.25, 0.3) is 0 Å². The van der Waals surface area contributed by atoms with Crippen LogP contribution in [0.15, 0.2) is 127 Å². The van der Waals surface area contributed by atoms with Crippen LogP contribution in [0.3, 0.4) is 0 Å². The molecule has 3 aliphatic carbocycles. The van der Waals surface area contributed by atoms with Crippen LogP contribution in [-0.2, 0) is 0 Å². The summed E-state index contributed by atoms with van der Waals surface area (Å²) in [5.74, 6) is 0.959. The third-order valence-electron chi connectivity index (χ3n) is 9.52. The molecule has 0 saturated carbocycles. The van der Waals surface area contributed by atoms with E-state index >= 15 is 0 Å². The van der Waals surface area contributed by atoms with E-state index in [0.717, 1.165) is 11.1 Å². The summed E-state index contributed by atoms with van der Waals surface area (Å²) in [5.41, 5.74) is 12.7. The lowest BCUT2D eigenvalue weighted by molar-refractivity contribution is 0.257. The molecule has 0 bridgehead atoms. The Morgan fingerprint density at radius 2 is 1.62 bits per heavy atom. The van der Waals surface area contributed by atoms with Gasteiger partial charge in [0.05, 0.1) is 21.7 Å². The number of anilines is 2. The molecular formula is C37H25IN3O+. The van der Waals surface area contributed by atoms with Crippen LogP contribution in [0.25, 0.3) is 11.1 Å². The van der Waals surface area contributed by atoms with E-state index in [1.165, 1.54) is 65.0 Å². The number of benzene rings is 3. The molecule has 3 aromatic rings. The van der Waals surface area contributed by atoms with Crippen LogP contribution < -0.4 is 24.9 Å². The summed E-state index contributed by atoms with van der Waals surface area (Å²) in [5, 5.41) is 7.58. The number of para-hydroxylation sites is 2. The number of aryl methyl sites for hydroxylation is 1. The fraction of sp³-hybridized carbons (Fsp3) is 0.108. The van der Waals surface area contributed by atoms with Gasteiger partial charge >= 0.3 is 0 Å². The zero-order valence-corrected chi connectivity index (χ0v) is 25.0. The molecule has 200 valence electrons. The Labute approximate surface area is 257 Å². The second-order valence-electron chi connectivity index (χ2n) is 11.6. The number of hydrogen-bond acceptors (Lipinski definition) is 3. The maximum absolute atomic E-state index is 6.73. The van der Waals surface area contributed by atoms with Crippen LogP contribution >= 0.6 is 22.6 Å². The molecular weight excluding hydrogens is 629 g/mol. The maximum atomic E-state index is 6.73. The summed E-state index contributed by atoms with van der Waals surface area (Å²) in [6.07, 6.45) is 24.6. The smallest absolute Gasteiger partial charge is 0.241 e. The van der Waals surface area contributed by atoms with Crippen LogP contribution in [0, 0.1) is 10.5 Å². The molecule has 0 N–H and O–H groups in total. The van der Waals surface area contributed by atoms with Gasteiger partial charge < -0.3 is 4.74 Å². The summed E-state index contributed by atoms with van der Waals surface area (Å²) in [4.78, 5) is 0. The van der Waals surface area contributed by atoms with Gasteiger partial charge in [0, 0.05) is 28.5 Å². The van der Waals surface area contributed by atoms with Crippen molar-refractivity contribution in [1.29, 1.82) is 0 Å². The topological polar surface area (TPSA) is 18.7 Å². The third-order valence-corrected chi connectivity index (χ3v) is 10.4. The van der Waals surface area contributed by atoms with E-state index < -0.39 is 0 Å². The molecule has 3 atom stereocenters. The van der Waals surface area contributed by atoms with Crippen molar-refractivity contribution in [3.05, 3.63) is 152 Å². The molecule has 10 rings (SSSR count). The second kappa shape index (κ2) is 8.21. The Bertz CT molecular complexity index is 2180. The first-order chi connectivity index (χ1) is 20.7. The fourth-order valence-electron chi connectivity index (χ4n) is 7.93. The van der Waals surface area contributed by atoms with Crippen LogP contribution in [0.5, 0.6) is 5.75 Å². The average molecular weight is 655 g/mol. The molecule has 0 fully saturated rings. The number of hydrazine groups is 1. The van der Waals surface area contributed by atoms with E-state index in [9.17, 15) is 0 Å². The number of fused-ring (bicyclic) bond motifs is 9. The Kier molecular flexibility index (Phi) is 4.57. The first-order valence-electron chi connectivity index (χ1n) is 14.5. The lowest BCUT2D eigenvalue weighted by Crippen LogP contribution is -2.57. The molecule has 7 aliphatic rings. The van der Waals surface area contributed by atoms with E-state index in [4.69, 9.17) is 4.74 Å². The first kappa shape index (κ1) is 23.4. The lowest BCUT2D eigenvalue weighted by atomic mass is 9.83. The molecule has 4 aliphatic heterocycles. The zero-order chi connectivity index (χ0) is 27.7. The molecule has 3 unspecified atom stereocenters. The molecule has 0 saturated heterocycles. The van der Waals surface area contributed by atoms with Gasteiger partial charge in [0.2, 0.25) is 16.7 Å². The minimum absolute atomic E-state index is 0.0689. The van der Waals surface area contributed by atoms with E-state index in [1.807, 2.05) is 0 Å². The van der Waals surface area contributed by atoms with Crippen molar-refractivity contribution in [3.63, 3.8) is 0 Å². The molecule has 0 amide bonds. The Balaban J connectivity index is 1.45. The van der Waals surface area contributed by atoms with E-state index in [2.05, 4.69) is 159 Å². The summed E-state index contributed by atoms with van der Waals surface area (Å²) < 4.78 is 10.4. The van der Waals surface area contributed by atoms with Gasteiger partial charge in [0.1, 0.15) is 23.2 Å². The number of allylic oxidation sites excluding steroid dienone is 6. The number of nitrogens with zero attached hydrogens (tertiary/aromatic N) is 3. The largest absolute Gasteiger partial charge is 0.481 e. The quantitative estimate of drug-likeness (QED) is 0.218. The van der Waals surface area contributed by atoms with Crippen LogP contribution in [0.2, 0.25) is 0 Å². The maximum Gasteiger partial charge on any atom is 0.241 e. The van der Waals surface area contributed by atoms with Crippen LogP contribution in [-0.4, -0.2) is 23.2 Å². The van der Waals surface area contributed by atoms with E-state index in [-0.39, 0.29) is 18.2 Å². The van der Waals surface area contributed by atoms with Crippen molar-refractivity contribution in [2.45, 2.75) is 25.1 Å². The van der Waals surface area contributed by atoms with Crippen LogP contribution in [0.4, 0.5) is 22.7 Å². The monoisotopic (exact) mass is 654 g/mol. The van der Waals surface area contributed by atoms with Crippen molar-refractivity contribution in [2.75, 3.05) is 5.01 Å². The van der Waals surface area contributed by atoms with E-state index in [1.54, 1.807) is 0 Å². The average Bonchev–Trinajstić information content (AvgIpc) is 3.56. The molecule has 0 aromatic heterocycles. The minimum Gasteiger partial charge on any atom is -0.481 e. The van der Waals surface area contributed by atoms with Crippen molar-refractivity contribution in [2.24, 2.45) is 0 Å². The SMILES string of the molecule is Cc1cccc2c1N1c3c(c4c(cc3=[N+]2c2ccccc2I)OC2C=CC=CC=42)C2=CC=CC3=C4C=CC=CC4N1C23. The van der Waals surface area contributed by atoms with Crippen molar-refractivity contribution in [3.8, 4) is 5.75 Å². The summed E-state index contributed by atoms with van der Waals surface area (Å²) in [6.45, 7) is 2.25. The number of hydrogen-bond donors (Lipinski definition) is 0. The van der Waals surface area contributed by atoms with E-state index in [0.29, 0.717) is 0 Å². The van der Waals surface area contributed by atoms with Crippen molar-refractivity contribution >= 4 is 56.5 Å². The highest BCUT2D eigenvalue weighted by Crippen LogP contribution is 2.54. The Morgan fingerprint density at radius 3 is 2.52 bits per heavy atom. The van der Waals surface area contributed by atoms with Gasteiger partial charge in [-0.05, 0) is 63.9 Å². The van der Waals surface area contributed by atoms with Crippen molar-refractivity contribution < 1.29 is 4.74 Å². The molecule has 5 heteroatoms. The highest BCUT2D eigenvalue weighted by molar-refractivity contribution is 14.1. The van der Waals surface area contributed by atoms with Gasteiger partial charge in [0.15, 0.2) is 0 Å². The number of halogens is 1. The summed E-state index contributed by atoms with van der Waals surface area (Å²) >= 11 is 2.48. The normalized spacial score (nSPS) is 24.7. The molecule has 3 aromatic carbocycles. The molecule has 0 spiro atoms. The first-order valence-corrected chi connectivity index (χ1v) is 15.6. The minimum atomic E-state index is -0.0689. The Morgan fingerprint density at radius 1 is 0.810 bits per heavy atom. The predicted molar refractivity (Wildman–Crippen MR) is 177 cm³/mol. The standard InChI is InChI=1S/C37H25IN3O/c1-21-10-8-18-29-35(21)41-37-30(39(29)28-17-6-4-15-26(28)38)20-32-33(24-12-3-7-19-31(24)42-32)34(37)25-14-9-13-23-22-11-2-5-16-27(22)40(41)36(23)25/h2-20,27,31,36H,1H3/q+1. The lowest BCUT2D eigenvalue weighted by Gasteiger charge is -2.48. The Hall–Kier alpha value is -4.20. The molecule has 0 radical (unpaired) electrons. The number of rotatable bonds is 1. The van der Waals surface area contributed by atoms with Gasteiger partial charge in [-0.25, -0.2) is 0 Å². The molecule has 4 nitrogen and oxygen atoms in total. The van der Waals surface area contributed by atoms with Gasteiger partial charge in [-0.15, -0.1) is 4.58 Å². The van der Waals surface area contributed by atoms with Gasteiger partial charge in [-0.2, -0.15) is 5.01 Å². The molecule has 4 heterocycles.